The molecule has 1 N–H and O–H groups in total. The standard InChI is InChI=1S/C23H24N2O4/c1-15(11-12-16-7-3-2-4-8-16)24-21(27)19-13-14-20(26)25(19)22-17-9-5-6-10-18(17)23(28)29-22/h2-10,15,19,22H,11-14H2,1H3,(H,24,27)/t15-,19-,22-/m1/s1. The zero-order valence-corrected chi connectivity index (χ0v) is 16.3. The van der Waals surface area contributed by atoms with Crippen molar-refractivity contribution in [3.05, 3.63) is 71.3 Å². The van der Waals surface area contributed by atoms with Gasteiger partial charge in [0.05, 0.1) is 5.56 Å². The third-order valence-corrected chi connectivity index (χ3v) is 5.57. The number of aryl methyl sites for hydroxylation is 1. The molecule has 0 spiro atoms. The Morgan fingerprint density at radius 3 is 2.66 bits per heavy atom. The lowest BCUT2D eigenvalue weighted by Gasteiger charge is -2.30. The summed E-state index contributed by atoms with van der Waals surface area (Å²) in [4.78, 5) is 39.1. The number of likely N-dealkylation sites (tertiary alicyclic amines) is 1. The molecule has 0 aliphatic carbocycles. The number of amides is 2. The molecule has 2 aliphatic heterocycles. The van der Waals surface area contributed by atoms with Crippen molar-refractivity contribution in [2.24, 2.45) is 0 Å². The topological polar surface area (TPSA) is 75.7 Å². The van der Waals surface area contributed by atoms with E-state index in [1.165, 1.54) is 10.5 Å². The maximum absolute atomic E-state index is 12.9. The van der Waals surface area contributed by atoms with Crippen LogP contribution in [0.3, 0.4) is 0 Å². The largest absolute Gasteiger partial charge is 0.433 e. The van der Waals surface area contributed by atoms with Crippen LogP contribution in [0.1, 0.15) is 53.9 Å². The Bertz CT molecular complexity index is 927. The average molecular weight is 392 g/mol. The van der Waals surface area contributed by atoms with E-state index in [1.807, 2.05) is 25.1 Å². The van der Waals surface area contributed by atoms with Crippen molar-refractivity contribution in [3.63, 3.8) is 0 Å². The molecular weight excluding hydrogens is 368 g/mol. The van der Waals surface area contributed by atoms with Gasteiger partial charge in [-0.15, -0.1) is 0 Å². The van der Waals surface area contributed by atoms with Gasteiger partial charge in [-0.25, -0.2) is 4.79 Å². The summed E-state index contributed by atoms with van der Waals surface area (Å²) in [5.41, 5.74) is 2.32. The first-order valence-electron chi connectivity index (χ1n) is 10.00. The van der Waals surface area contributed by atoms with Gasteiger partial charge in [-0.2, -0.15) is 0 Å². The van der Waals surface area contributed by atoms with Crippen LogP contribution in [0.4, 0.5) is 0 Å². The Hall–Kier alpha value is -3.15. The summed E-state index contributed by atoms with van der Waals surface area (Å²) in [6, 6.07) is 16.5. The molecule has 2 heterocycles. The predicted octanol–water partition coefficient (Wildman–Crippen LogP) is 2.98. The number of nitrogens with zero attached hydrogens (tertiary/aromatic N) is 1. The average Bonchev–Trinajstić information content (AvgIpc) is 3.27. The molecule has 29 heavy (non-hydrogen) atoms. The minimum absolute atomic E-state index is 0.0290. The predicted molar refractivity (Wildman–Crippen MR) is 107 cm³/mol. The van der Waals surface area contributed by atoms with Crippen LogP contribution in [-0.2, 0) is 20.7 Å². The van der Waals surface area contributed by atoms with Gasteiger partial charge in [0.1, 0.15) is 6.04 Å². The normalized spacial score (nSPS) is 21.6. The van der Waals surface area contributed by atoms with Gasteiger partial charge in [0.2, 0.25) is 18.0 Å². The highest BCUT2D eigenvalue weighted by molar-refractivity contribution is 5.96. The Balaban J connectivity index is 1.43. The molecule has 4 rings (SSSR count). The molecule has 6 nitrogen and oxygen atoms in total. The van der Waals surface area contributed by atoms with Crippen molar-refractivity contribution in [2.75, 3.05) is 0 Å². The minimum atomic E-state index is -0.830. The van der Waals surface area contributed by atoms with Crippen LogP contribution in [-0.4, -0.2) is 34.8 Å². The van der Waals surface area contributed by atoms with Gasteiger partial charge in [-0.3, -0.25) is 14.5 Å². The first-order valence-corrected chi connectivity index (χ1v) is 10.00. The smallest absolute Gasteiger partial charge is 0.340 e. The van der Waals surface area contributed by atoms with Gasteiger partial charge < -0.3 is 10.1 Å². The lowest BCUT2D eigenvalue weighted by molar-refractivity contribution is -0.146. The number of esters is 1. The number of nitrogens with one attached hydrogen (secondary N) is 1. The van der Waals surface area contributed by atoms with E-state index in [4.69, 9.17) is 4.74 Å². The molecule has 6 heteroatoms. The zero-order valence-electron chi connectivity index (χ0n) is 16.3. The molecular formula is C23H24N2O4. The molecule has 0 unspecified atom stereocenters. The lowest BCUT2D eigenvalue weighted by atomic mass is 10.1. The fraction of sp³-hybridized carbons (Fsp3) is 0.348. The molecule has 0 bridgehead atoms. The summed E-state index contributed by atoms with van der Waals surface area (Å²) in [7, 11) is 0. The first kappa shape index (κ1) is 19.2. The number of fused-ring (bicyclic) bond motifs is 1. The Morgan fingerprint density at radius 1 is 1.14 bits per heavy atom. The second kappa shape index (κ2) is 8.07. The first-order chi connectivity index (χ1) is 14.0. The van der Waals surface area contributed by atoms with Gasteiger partial charge in [-0.05, 0) is 37.8 Å². The summed E-state index contributed by atoms with van der Waals surface area (Å²) < 4.78 is 5.46. The molecule has 2 aromatic rings. The van der Waals surface area contributed by atoms with E-state index in [2.05, 4.69) is 17.4 Å². The number of hydrogen-bond donors (Lipinski definition) is 1. The monoisotopic (exact) mass is 392 g/mol. The van der Waals surface area contributed by atoms with Gasteiger partial charge in [0.15, 0.2) is 0 Å². The van der Waals surface area contributed by atoms with Gasteiger partial charge in [0, 0.05) is 18.0 Å². The lowest BCUT2D eigenvalue weighted by Crippen LogP contribution is -2.48. The van der Waals surface area contributed by atoms with Gasteiger partial charge in [0.25, 0.3) is 0 Å². The van der Waals surface area contributed by atoms with Crippen LogP contribution in [0, 0.1) is 0 Å². The maximum Gasteiger partial charge on any atom is 0.340 e. The summed E-state index contributed by atoms with van der Waals surface area (Å²) in [5.74, 6) is -0.825. The Kier molecular flexibility index (Phi) is 5.34. The van der Waals surface area contributed by atoms with E-state index in [1.54, 1.807) is 24.3 Å². The Labute approximate surface area is 169 Å². The summed E-state index contributed by atoms with van der Waals surface area (Å²) in [6.45, 7) is 1.97. The minimum Gasteiger partial charge on any atom is -0.433 e. The number of carbonyl (C=O) groups excluding carboxylic acids is 3. The molecule has 150 valence electrons. The molecule has 3 atom stereocenters. The fourth-order valence-electron chi connectivity index (χ4n) is 4.03. The van der Waals surface area contributed by atoms with Crippen molar-refractivity contribution in [1.29, 1.82) is 0 Å². The summed E-state index contributed by atoms with van der Waals surface area (Å²) in [5, 5.41) is 3.03. The quantitative estimate of drug-likeness (QED) is 0.767. The third kappa shape index (κ3) is 3.88. The van der Waals surface area contributed by atoms with Crippen LogP contribution in [0.15, 0.2) is 54.6 Å². The molecule has 2 aromatic carbocycles. The van der Waals surface area contributed by atoms with E-state index >= 15 is 0 Å². The maximum atomic E-state index is 12.9. The van der Waals surface area contributed by atoms with Crippen LogP contribution < -0.4 is 5.32 Å². The number of cyclic esters (lactones) is 1. The van der Waals surface area contributed by atoms with Crippen molar-refractivity contribution in [1.82, 2.24) is 10.2 Å². The molecule has 2 amide bonds. The molecule has 1 fully saturated rings. The molecule has 0 radical (unpaired) electrons. The second-order valence-electron chi connectivity index (χ2n) is 7.63. The van der Waals surface area contributed by atoms with E-state index < -0.39 is 18.2 Å². The highest BCUT2D eigenvalue weighted by atomic mass is 16.6. The highest BCUT2D eigenvalue weighted by Gasteiger charge is 2.46. The van der Waals surface area contributed by atoms with Gasteiger partial charge in [-0.1, -0.05) is 48.5 Å². The number of carbonyl (C=O) groups is 3. The molecule has 2 aliphatic rings. The van der Waals surface area contributed by atoms with Crippen molar-refractivity contribution < 1.29 is 19.1 Å². The second-order valence-corrected chi connectivity index (χ2v) is 7.63. The van der Waals surface area contributed by atoms with E-state index in [0.717, 1.165) is 12.8 Å². The number of benzene rings is 2. The zero-order chi connectivity index (χ0) is 20.4. The van der Waals surface area contributed by atoms with E-state index in [-0.39, 0.29) is 24.3 Å². The molecule has 1 saturated heterocycles. The highest BCUT2D eigenvalue weighted by Crippen LogP contribution is 2.38. The molecule has 0 aromatic heterocycles. The third-order valence-electron chi connectivity index (χ3n) is 5.57. The van der Waals surface area contributed by atoms with Crippen molar-refractivity contribution in [2.45, 2.75) is 50.9 Å². The number of hydrogen-bond acceptors (Lipinski definition) is 4. The van der Waals surface area contributed by atoms with Crippen LogP contribution in [0.25, 0.3) is 0 Å². The van der Waals surface area contributed by atoms with Gasteiger partial charge >= 0.3 is 5.97 Å². The summed E-state index contributed by atoms with van der Waals surface area (Å²) in [6.07, 6.45) is 1.53. The molecule has 0 saturated carbocycles. The summed E-state index contributed by atoms with van der Waals surface area (Å²) >= 11 is 0. The van der Waals surface area contributed by atoms with E-state index in [0.29, 0.717) is 17.5 Å². The number of ether oxygens (including phenoxy) is 1. The van der Waals surface area contributed by atoms with Crippen molar-refractivity contribution >= 4 is 17.8 Å². The Morgan fingerprint density at radius 2 is 1.86 bits per heavy atom. The van der Waals surface area contributed by atoms with Crippen LogP contribution in [0.5, 0.6) is 0 Å². The van der Waals surface area contributed by atoms with Crippen LogP contribution >= 0.6 is 0 Å². The fourth-order valence-corrected chi connectivity index (χ4v) is 4.03. The SMILES string of the molecule is C[C@H](CCc1ccccc1)NC(=O)[C@H]1CCC(=O)N1[C@@H]1OC(=O)c2ccccc21. The van der Waals surface area contributed by atoms with Crippen molar-refractivity contribution in [3.8, 4) is 0 Å². The number of rotatable bonds is 6. The van der Waals surface area contributed by atoms with Crippen LogP contribution in [0.2, 0.25) is 0 Å². The van der Waals surface area contributed by atoms with E-state index in [9.17, 15) is 14.4 Å².